The molecular weight excluding hydrogens is 344 g/mol. The van der Waals surface area contributed by atoms with Gasteiger partial charge in [-0.15, -0.1) is 0 Å². The second-order valence-corrected chi connectivity index (χ2v) is 6.52. The van der Waals surface area contributed by atoms with Crippen LogP contribution in [0.2, 0.25) is 5.02 Å². The van der Waals surface area contributed by atoms with Gasteiger partial charge in [0.1, 0.15) is 0 Å². The molecule has 0 radical (unpaired) electrons. The van der Waals surface area contributed by atoms with Gasteiger partial charge in [-0.3, -0.25) is 4.79 Å². The first-order valence-corrected chi connectivity index (χ1v) is 8.72. The van der Waals surface area contributed by atoms with Crippen LogP contribution < -0.4 is 5.32 Å². The van der Waals surface area contributed by atoms with Crippen LogP contribution in [0.5, 0.6) is 0 Å². The monoisotopic (exact) mass is 370 g/mol. The smallest absolute Gasteiger partial charge is 0.321 e. The predicted molar refractivity (Wildman–Crippen MR) is 98.9 cm³/mol. The van der Waals surface area contributed by atoms with E-state index in [4.69, 9.17) is 21.1 Å². The summed E-state index contributed by atoms with van der Waals surface area (Å²) in [5, 5.41) is 3.34. The lowest BCUT2D eigenvalue weighted by Gasteiger charge is -2.25. The van der Waals surface area contributed by atoms with Gasteiger partial charge in [-0.1, -0.05) is 24.6 Å². The number of carbonyl (C=O) groups is 2. The minimum atomic E-state index is -0.416. The van der Waals surface area contributed by atoms with Crippen LogP contribution in [0.3, 0.4) is 0 Å². The van der Waals surface area contributed by atoms with Gasteiger partial charge in [0, 0.05) is 30.4 Å². The molecule has 1 aromatic rings. The molecule has 1 N–H and O–H groups in total. The number of carbonyl (C=O) groups excluding carboxylic acids is 2. The molecule has 25 heavy (non-hydrogen) atoms. The van der Waals surface area contributed by atoms with Crippen LogP contribution in [0.25, 0.3) is 0 Å². The summed E-state index contributed by atoms with van der Waals surface area (Å²) in [7, 11) is 1.34. The molecule has 2 amide bonds. The van der Waals surface area contributed by atoms with Crippen molar-refractivity contribution in [1.29, 1.82) is 0 Å². The van der Waals surface area contributed by atoms with Crippen LogP contribution in [0, 0.1) is 5.92 Å². The molecule has 0 aromatic heterocycles. The highest BCUT2D eigenvalue weighted by Crippen LogP contribution is 2.16. The fraction of sp³-hybridized carbons (Fsp3) is 0.556. The number of nitrogens with zero attached hydrogens (tertiary/aromatic N) is 1. The standard InChI is InChI=1S/C18H27ClN2O4/c1-13(2)25-10-6-9-21(12-14(3)17(22)24-4)18(23)20-16-8-5-7-15(19)11-16/h5,7-8,11,13-14H,6,9-10,12H2,1-4H3,(H,20,23). The van der Waals surface area contributed by atoms with Crippen molar-refractivity contribution in [3.8, 4) is 0 Å². The lowest BCUT2D eigenvalue weighted by Crippen LogP contribution is -2.40. The Bertz CT molecular complexity index is 566. The zero-order chi connectivity index (χ0) is 18.8. The van der Waals surface area contributed by atoms with Crippen LogP contribution in [-0.2, 0) is 14.3 Å². The van der Waals surface area contributed by atoms with E-state index in [2.05, 4.69) is 5.32 Å². The number of hydrogen-bond donors (Lipinski definition) is 1. The Kier molecular flexibility index (Phi) is 9.31. The fourth-order valence-corrected chi connectivity index (χ4v) is 2.42. The highest BCUT2D eigenvalue weighted by molar-refractivity contribution is 6.30. The van der Waals surface area contributed by atoms with Gasteiger partial charge in [0.25, 0.3) is 0 Å². The zero-order valence-electron chi connectivity index (χ0n) is 15.3. The Balaban J connectivity index is 2.70. The van der Waals surface area contributed by atoms with Crippen LogP contribution in [0.1, 0.15) is 27.2 Å². The number of anilines is 1. The number of methoxy groups -OCH3 is 1. The maximum atomic E-state index is 12.6. The van der Waals surface area contributed by atoms with E-state index < -0.39 is 5.92 Å². The molecule has 6 nitrogen and oxygen atoms in total. The molecule has 0 saturated heterocycles. The van der Waals surface area contributed by atoms with Crippen molar-refractivity contribution >= 4 is 29.3 Å². The van der Waals surface area contributed by atoms with E-state index in [1.54, 1.807) is 36.1 Å². The van der Waals surface area contributed by atoms with E-state index in [-0.39, 0.29) is 24.6 Å². The zero-order valence-corrected chi connectivity index (χ0v) is 16.0. The lowest BCUT2D eigenvalue weighted by atomic mass is 10.1. The SMILES string of the molecule is COC(=O)C(C)CN(CCCOC(C)C)C(=O)Nc1cccc(Cl)c1. The van der Waals surface area contributed by atoms with Gasteiger partial charge in [0.2, 0.25) is 0 Å². The maximum absolute atomic E-state index is 12.6. The van der Waals surface area contributed by atoms with E-state index in [0.29, 0.717) is 30.3 Å². The summed E-state index contributed by atoms with van der Waals surface area (Å²) >= 11 is 5.94. The Labute approximate surface area is 154 Å². The maximum Gasteiger partial charge on any atom is 0.321 e. The molecule has 0 saturated carbocycles. The van der Waals surface area contributed by atoms with Crippen molar-refractivity contribution < 1.29 is 19.1 Å². The quantitative estimate of drug-likeness (QED) is 0.530. The van der Waals surface area contributed by atoms with Crippen molar-refractivity contribution in [2.75, 3.05) is 32.1 Å². The Morgan fingerprint density at radius 2 is 2.00 bits per heavy atom. The Morgan fingerprint density at radius 3 is 2.60 bits per heavy atom. The number of esters is 1. The summed E-state index contributed by atoms with van der Waals surface area (Å²) < 4.78 is 10.3. The predicted octanol–water partition coefficient (Wildman–Crippen LogP) is 3.80. The highest BCUT2D eigenvalue weighted by atomic mass is 35.5. The van der Waals surface area contributed by atoms with Gasteiger partial charge in [0.05, 0.1) is 19.1 Å². The second kappa shape index (κ2) is 10.9. The van der Waals surface area contributed by atoms with E-state index in [0.717, 1.165) is 0 Å². The third-order valence-electron chi connectivity index (χ3n) is 3.48. The first kappa shape index (κ1) is 21.3. The summed E-state index contributed by atoms with van der Waals surface area (Å²) in [4.78, 5) is 25.8. The normalized spacial score (nSPS) is 11.9. The molecule has 1 unspecified atom stereocenters. The minimum Gasteiger partial charge on any atom is -0.469 e. The molecule has 0 bridgehead atoms. The average molecular weight is 371 g/mol. The van der Waals surface area contributed by atoms with E-state index in [1.165, 1.54) is 7.11 Å². The van der Waals surface area contributed by atoms with Crippen LogP contribution in [0.15, 0.2) is 24.3 Å². The fourth-order valence-electron chi connectivity index (χ4n) is 2.23. The van der Waals surface area contributed by atoms with Crippen molar-refractivity contribution in [3.63, 3.8) is 0 Å². The van der Waals surface area contributed by atoms with E-state index >= 15 is 0 Å². The summed E-state index contributed by atoms with van der Waals surface area (Å²) in [5.41, 5.74) is 0.603. The van der Waals surface area contributed by atoms with Crippen molar-refractivity contribution in [3.05, 3.63) is 29.3 Å². The van der Waals surface area contributed by atoms with E-state index in [1.807, 2.05) is 13.8 Å². The van der Waals surface area contributed by atoms with Crippen molar-refractivity contribution in [2.45, 2.75) is 33.3 Å². The number of hydrogen-bond acceptors (Lipinski definition) is 4. The molecule has 0 aliphatic rings. The number of amides is 2. The minimum absolute atomic E-state index is 0.141. The molecule has 0 fully saturated rings. The molecule has 0 aliphatic heterocycles. The van der Waals surface area contributed by atoms with Gasteiger partial charge in [0.15, 0.2) is 0 Å². The Hall–Kier alpha value is -1.79. The number of benzene rings is 1. The largest absolute Gasteiger partial charge is 0.469 e. The van der Waals surface area contributed by atoms with Gasteiger partial charge in [-0.05, 0) is 38.5 Å². The first-order chi connectivity index (χ1) is 11.8. The molecule has 0 aliphatic carbocycles. The number of halogens is 1. The van der Waals surface area contributed by atoms with E-state index in [9.17, 15) is 9.59 Å². The van der Waals surface area contributed by atoms with Crippen molar-refractivity contribution in [1.82, 2.24) is 4.90 Å². The topological polar surface area (TPSA) is 67.9 Å². The lowest BCUT2D eigenvalue weighted by molar-refractivity contribution is -0.145. The summed E-state index contributed by atoms with van der Waals surface area (Å²) in [6, 6.07) is 6.63. The van der Waals surface area contributed by atoms with Crippen LogP contribution >= 0.6 is 11.6 Å². The first-order valence-electron chi connectivity index (χ1n) is 8.34. The molecule has 0 spiro atoms. The number of nitrogens with one attached hydrogen (secondary N) is 1. The number of urea groups is 1. The number of ether oxygens (including phenoxy) is 2. The average Bonchev–Trinajstić information content (AvgIpc) is 2.56. The summed E-state index contributed by atoms with van der Waals surface area (Å²) in [5.74, 6) is -0.764. The molecule has 0 heterocycles. The van der Waals surface area contributed by atoms with Crippen molar-refractivity contribution in [2.24, 2.45) is 5.92 Å². The number of rotatable bonds is 9. The molecule has 1 atom stereocenters. The van der Waals surface area contributed by atoms with Crippen LogP contribution in [-0.4, -0.2) is 49.8 Å². The summed E-state index contributed by atoms with van der Waals surface area (Å²) in [6.07, 6.45) is 0.817. The molecule has 1 aromatic carbocycles. The molecule has 7 heteroatoms. The second-order valence-electron chi connectivity index (χ2n) is 6.08. The summed E-state index contributed by atoms with van der Waals surface area (Å²) in [6.45, 7) is 6.94. The third kappa shape index (κ3) is 8.23. The molecular formula is C18H27ClN2O4. The van der Waals surface area contributed by atoms with Gasteiger partial charge >= 0.3 is 12.0 Å². The van der Waals surface area contributed by atoms with Crippen LogP contribution in [0.4, 0.5) is 10.5 Å². The molecule has 1 rings (SSSR count). The third-order valence-corrected chi connectivity index (χ3v) is 3.72. The van der Waals surface area contributed by atoms with Gasteiger partial charge in [-0.25, -0.2) is 4.79 Å². The van der Waals surface area contributed by atoms with Gasteiger partial charge in [-0.2, -0.15) is 0 Å². The highest BCUT2D eigenvalue weighted by Gasteiger charge is 2.21. The Morgan fingerprint density at radius 1 is 1.28 bits per heavy atom. The molecule has 140 valence electrons. The van der Waals surface area contributed by atoms with Gasteiger partial charge < -0.3 is 19.7 Å².